The van der Waals surface area contributed by atoms with Crippen LogP contribution in [0.2, 0.25) is 5.22 Å². The van der Waals surface area contributed by atoms with E-state index in [9.17, 15) is 13.6 Å². The van der Waals surface area contributed by atoms with E-state index in [1.54, 1.807) is 12.1 Å². The topological polar surface area (TPSA) is 67.1 Å². The fourth-order valence-corrected chi connectivity index (χ4v) is 2.95. The summed E-state index contributed by atoms with van der Waals surface area (Å²) in [6, 6.07) is 6.08. The number of benzene rings is 1. The van der Waals surface area contributed by atoms with Gasteiger partial charge in [-0.05, 0) is 43.6 Å². The molecule has 0 radical (unpaired) electrons. The third-order valence-electron chi connectivity index (χ3n) is 4.09. The molecule has 0 saturated heterocycles. The number of nitrogens with one attached hydrogen (secondary N) is 1. The lowest BCUT2D eigenvalue weighted by Gasteiger charge is -2.26. The molecule has 9 heteroatoms. The number of hydrogen-bond acceptors (Lipinski definition) is 4. The Morgan fingerprint density at radius 3 is 2.79 bits per heavy atom. The van der Waals surface area contributed by atoms with Crippen molar-refractivity contribution >= 4 is 23.3 Å². The molecule has 1 N–H and O–H groups in total. The van der Waals surface area contributed by atoms with Gasteiger partial charge >= 0.3 is 6.03 Å². The number of halogens is 3. The lowest BCUT2D eigenvalue weighted by molar-refractivity contribution is 0.0584. The first-order valence-electron chi connectivity index (χ1n) is 8.79. The predicted molar refractivity (Wildman–Crippen MR) is 100 cm³/mol. The van der Waals surface area contributed by atoms with Crippen molar-refractivity contribution in [3.63, 3.8) is 0 Å². The first kappa shape index (κ1) is 20.1. The molecule has 1 aromatic heterocycles. The SMILES string of the molecule is CC(C)NC(=O)N(Cc1ccc(F)cc1F)CC1CC(c2ccc(Cl)o2)=NO1. The zero-order valence-electron chi connectivity index (χ0n) is 15.4. The van der Waals surface area contributed by atoms with E-state index in [1.807, 2.05) is 13.8 Å². The molecular weight excluding hydrogens is 392 g/mol. The van der Waals surface area contributed by atoms with Gasteiger partial charge in [-0.2, -0.15) is 0 Å². The molecule has 2 amide bonds. The minimum Gasteiger partial charge on any atom is -0.443 e. The maximum atomic E-state index is 14.1. The highest BCUT2D eigenvalue weighted by molar-refractivity contribution is 6.29. The lowest BCUT2D eigenvalue weighted by atomic mass is 10.1. The number of nitrogens with zero attached hydrogens (tertiary/aromatic N) is 2. The summed E-state index contributed by atoms with van der Waals surface area (Å²) >= 11 is 5.78. The molecule has 1 unspecified atom stereocenters. The van der Waals surface area contributed by atoms with E-state index >= 15 is 0 Å². The molecule has 1 aromatic carbocycles. The molecule has 0 saturated carbocycles. The van der Waals surface area contributed by atoms with E-state index < -0.39 is 17.7 Å². The lowest BCUT2D eigenvalue weighted by Crippen LogP contribution is -2.45. The predicted octanol–water partition coefficient (Wildman–Crippen LogP) is 4.32. The van der Waals surface area contributed by atoms with E-state index in [2.05, 4.69) is 10.5 Å². The van der Waals surface area contributed by atoms with E-state index in [0.29, 0.717) is 17.9 Å². The molecule has 0 fully saturated rings. The van der Waals surface area contributed by atoms with Gasteiger partial charge < -0.3 is 19.5 Å². The van der Waals surface area contributed by atoms with Crippen molar-refractivity contribution in [2.45, 2.75) is 39.0 Å². The van der Waals surface area contributed by atoms with Crippen LogP contribution in [0, 0.1) is 11.6 Å². The van der Waals surface area contributed by atoms with Gasteiger partial charge in [-0.1, -0.05) is 11.2 Å². The minimum atomic E-state index is -0.711. The fourth-order valence-electron chi connectivity index (χ4n) is 2.80. The molecule has 2 heterocycles. The summed E-state index contributed by atoms with van der Waals surface area (Å²) in [5, 5.41) is 7.01. The average molecular weight is 412 g/mol. The van der Waals surface area contributed by atoms with Crippen LogP contribution >= 0.6 is 11.6 Å². The second-order valence-electron chi connectivity index (χ2n) is 6.79. The Morgan fingerprint density at radius 1 is 1.36 bits per heavy atom. The van der Waals surface area contributed by atoms with E-state index in [-0.39, 0.29) is 35.9 Å². The third-order valence-corrected chi connectivity index (χ3v) is 4.29. The number of hydrogen-bond donors (Lipinski definition) is 1. The summed E-state index contributed by atoms with van der Waals surface area (Å²) in [4.78, 5) is 19.4. The third kappa shape index (κ3) is 5.01. The number of carbonyl (C=O) groups excluding carboxylic acids is 1. The van der Waals surface area contributed by atoms with Crippen LogP contribution in [0.4, 0.5) is 13.6 Å². The van der Waals surface area contributed by atoms with Crippen molar-refractivity contribution in [3.05, 3.63) is 58.5 Å². The smallest absolute Gasteiger partial charge is 0.318 e. The van der Waals surface area contributed by atoms with Crippen LogP contribution in [0.1, 0.15) is 31.6 Å². The fraction of sp³-hybridized carbons (Fsp3) is 0.368. The normalized spacial score (nSPS) is 16.1. The van der Waals surface area contributed by atoms with Gasteiger partial charge in [0.15, 0.2) is 17.1 Å². The van der Waals surface area contributed by atoms with Crippen LogP contribution in [0.5, 0.6) is 0 Å². The van der Waals surface area contributed by atoms with Gasteiger partial charge in [0.2, 0.25) is 0 Å². The zero-order chi connectivity index (χ0) is 20.3. The summed E-state index contributed by atoms with van der Waals surface area (Å²) in [6.45, 7) is 3.77. The Morgan fingerprint density at radius 2 is 2.14 bits per heavy atom. The van der Waals surface area contributed by atoms with Crippen molar-refractivity contribution in [1.29, 1.82) is 0 Å². The summed E-state index contributed by atoms with van der Waals surface area (Å²) in [5.41, 5.74) is 0.784. The Hall–Kier alpha value is -2.61. The van der Waals surface area contributed by atoms with Gasteiger partial charge in [0.05, 0.1) is 13.1 Å². The molecule has 0 spiro atoms. The number of furan rings is 1. The minimum absolute atomic E-state index is 0.0353. The molecule has 150 valence electrons. The molecule has 1 aliphatic rings. The summed E-state index contributed by atoms with van der Waals surface area (Å²) in [7, 11) is 0. The first-order valence-corrected chi connectivity index (χ1v) is 9.17. The van der Waals surface area contributed by atoms with E-state index in [4.69, 9.17) is 20.9 Å². The van der Waals surface area contributed by atoms with Crippen molar-refractivity contribution in [3.8, 4) is 0 Å². The van der Waals surface area contributed by atoms with Crippen LogP contribution in [0.15, 0.2) is 39.9 Å². The second-order valence-corrected chi connectivity index (χ2v) is 7.17. The summed E-state index contributed by atoms with van der Waals surface area (Å²) in [5.74, 6) is -0.888. The van der Waals surface area contributed by atoms with E-state index in [1.165, 1.54) is 11.0 Å². The van der Waals surface area contributed by atoms with Gasteiger partial charge in [-0.25, -0.2) is 13.6 Å². The van der Waals surface area contributed by atoms with Crippen LogP contribution < -0.4 is 5.32 Å². The standard InChI is InChI=1S/C19H20ClF2N3O3/c1-11(2)23-19(26)25(9-12-3-4-13(21)7-15(12)22)10-14-8-16(24-28-14)17-5-6-18(20)27-17/h3-7,11,14H,8-10H2,1-2H3,(H,23,26). The highest BCUT2D eigenvalue weighted by Gasteiger charge is 2.29. The maximum absolute atomic E-state index is 14.1. The van der Waals surface area contributed by atoms with Gasteiger partial charge in [0, 0.05) is 24.1 Å². The highest BCUT2D eigenvalue weighted by Crippen LogP contribution is 2.22. The van der Waals surface area contributed by atoms with Crippen molar-refractivity contribution in [2.75, 3.05) is 6.54 Å². The molecule has 2 aromatic rings. The monoisotopic (exact) mass is 411 g/mol. The summed E-state index contributed by atoms with van der Waals surface area (Å²) in [6.07, 6.45) is -0.0263. The number of urea groups is 1. The largest absolute Gasteiger partial charge is 0.443 e. The van der Waals surface area contributed by atoms with E-state index in [0.717, 1.165) is 12.1 Å². The van der Waals surface area contributed by atoms with Crippen LogP contribution in [-0.2, 0) is 11.4 Å². The number of rotatable bonds is 6. The molecule has 0 aliphatic carbocycles. The summed E-state index contributed by atoms with van der Waals surface area (Å²) < 4.78 is 32.5. The zero-order valence-corrected chi connectivity index (χ0v) is 16.2. The number of oxime groups is 1. The molecule has 0 bridgehead atoms. The Kier molecular flexibility index (Phi) is 6.18. The van der Waals surface area contributed by atoms with Crippen LogP contribution in [0.3, 0.4) is 0 Å². The van der Waals surface area contributed by atoms with Crippen molar-refractivity contribution < 1.29 is 22.8 Å². The molecule has 1 aliphatic heterocycles. The number of carbonyl (C=O) groups is 1. The Balaban J connectivity index is 1.70. The van der Waals surface area contributed by atoms with Crippen molar-refractivity contribution in [1.82, 2.24) is 10.2 Å². The maximum Gasteiger partial charge on any atom is 0.318 e. The van der Waals surface area contributed by atoms with Gasteiger partial charge in [-0.15, -0.1) is 0 Å². The van der Waals surface area contributed by atoms with Gasteiger partial charge in [-0.3, -0.25) is 0 Å². The van der Waals surface area contributed by atoms with Crippen molar-refractivity contribution in [2.24, 2.45) is 5.16 Å². The van der Waals surface area contributed by atoms with Gasteiger partial charge in [0.25, 0.3) is 0 Å². The van der Waals surface area contributed by atoms with Gasteiger partial charge in [0.1, 0.15) is 17.3 Å². The quantitative estimate of drug-likeness (QED) is 0.769. The molecular formula is C19H20ClF2N3O3. The molecule has 3 rings (SSSR count). The molecule has 28 heavy (non-hydrogen) atoms. The Labute approximate surface area is 166 Å². The average Bonchev–Trinajstić information content (AvgIpc) is 3.24. The Bertz CT molecular complexity index is 885. The highest BCUT2D eigenvalue weighted by atomic mass is 35.5. The number of amides is 2. The second kappa shape index (κ2) is 8.60. The van der Waals surface area contributed by atoms with Crippen LogP contribution in [0.25, 0.3) is 0 Å². The first-order chi connectivity index (χ1) is 13.3. The van der Waals surface area contributed by atoms with Crippen LogP contribution in [-0.4, -0.2) is 35.3 Å². The molecule has 6 nitrogen and oxygen atoms in total. The molecule has 1 atom stereocenters.